The van der Waals surface area contributed by atoms with Crippen molar-refractivity contribution >= 4 is 12.0 Å². The Bertz CT molecular complexity index is 483. The molecular weight excluding hydrogens is 268 g/mol. The molecule has 0 saturated heterocycles. The molecule has 0 aliphatic carbocycles. The highest BCUT2D eigenvalue weighted by molar-refractivity contribution is 5.73. The lowest BCUT2D eigenvalue weighted by Crippen LogP contribution is -2.35. The first-order valence-electron chi connectivity index (χ1n) is 6.85. The molecule has 1 aromatic carbocycles. The van der Waals surface area contributed by atoms with Crippen molar-refractivity contribution in [2.75, 3.05) is 19.7 Å². The zero-order chi connectivity index (χ0) is 15.7. The summed E-state index contributed by atoms with van der Waals surface area (Å²) in [5, 5.41) is 5.47. The van der Waals surface area contributed by atoms with Gasteiger partial charge in [0.25, 0.3) is 0 Å². The highest BCUT2D eigenvalue weighted by Gasteiger charge is 2.14. The second-order valence-electron chi connectivity index (χ2n) is 4.81. The lowest BCUT2D eigenvalue weighted by Gasteiger charge is -2.18. The van der Waals surface area contributed by atoms with Crippen LogP contribution in [0.5, 0.6) is 0 Å². The second-order valence-corrected chi connectivity index (χ2v) is 4.81. The first kappa shape index (κ1) is 16.8. The third kappa shape index (κ3) is 6.61. The molecule has 21 heavy (non-hydrogen) atoms. The maximum absolute atomic E-state index is 11.5. The number of carbonyl (C=O) groups excluding carboxylic acids is 2. The van der Waals surface area contributed by atoms with Gasteiger partial charge in [0, 0.05) is 25.9 Å². The molecule has 0 aliphatic rings. The van der Waals surface area contributed by atoms with E-state index in [4.69, 9.17) is 4.74 Å². The van der Waals surface area contributed by atoms with Gasteiger partial charge in [-0.15, -0.1) is 0 Å². The van der Waals surface area contributed by atoms with E-state index < -0.39 is 6.09 Å². The number of ether oxygens (including phenoxy) is 1. The average Bonchev–Trinajstić information content (AvgIpc) is 2.46. The summed E-state index contributed by atoms with van der Waals surface area (Å²) in [6.45, 7) is 7.98. The summed E-state index contributed by atoms with van der Waals surface area (Å²) in [4.78, 5) is 22.5. The van der Waals surface area contributed by atoms with Crippen LogP contribution in [0, 0.1) is 6.92 Å². The van der Waals surface area contributed by atoms with Crippen molar-refractivity contribution in [2.24, 2.45) is 0 Å². The van der Waals surface area contributed by atoms with Crippen molar-refractivity contribution in [1.29, 1.82) is 0 Å². The van der Waals surface area contributed by atoms with Crippen molar-refractivity contribution in [2.45, 2.75) is 19.8 Å². The third-order valence-corrected chi connectivity index (χ3v) is 2.97. The molecule has 0 fully saturated rings. The summed E-state index contributed by atoms with van der Waals surface area (Å²) in [5.41, 5.74) is 2.22. The molecule has 1 aromatic rings. The molecule has 0 unspecified atom stereocenters. The Morgan fingerprint density at radius 1 is 1.24 bits per heavy atom. The smallest absolute Gasteiger partial charge is 0.407 e. The minimum absolute atomic E-state index is 0.00854. The maximum atomic E-state index is 11.5. The van der Waals surface area contributed by atoms with Crippen LogP contribution in [0.25, 0.3) is 0 Å². The Hall–Kier alpha value is -2.30. The molecule has 1 rings (SSSR count). The van der Waals surface area contributed by atoms with E-state index >= 15 is 0 Å². The molecule has 0 aliphatic heterocycles. The van der Waals surface area contributed by atoms with E-state index in [0.717, 1.165) is 11.1 Å². The number of nitrogens with one attached hydrogen (secondary N) is 2. The number of benzene rings is 1. The van der Waals surface area contributed by atoms with Crippen molar-refractivity contribution in [1.82, 2.24) is 10.6 Å². The highest BCUT2D eigenvalue weighted by Crippen LogP contribution is 2.15. The zero-order valence-electron chi connectivity index (χ0n) is 12.5. The molecule has 114 valence electrons. The van der Waals surface area contributed by atoms with E-state index in [9.17, 15) is 9.59 Å². The normalized spacial score (nSPS) is 11.3. The fourth-order valence-electron chi connectivity index (χ4n) is 1.81. The number of hydrogen-bond donors (Lipinski definition) is 2. The van der Waals surface area contributed by atoms with Crippen LogP contribution in [0.2, 0.25) is 0 Å². The quantitative estimate of drug-likeness (QED) is 0.756. The molecule has 0 heterocycles. The summed E-state index contributed by atoms with van der Waals surface area (Å²) in [5.74, 6) is -0.105. The third-order valence-electron chi connectivity index (χ3n) is 2.97. The molecule has 0 bridgehead atoms. The first-order valence-corrected chi connectivity index (χ1v) is 6.85. The minimum atomic E-state index is -0.491. The van der Waals surface area contributed by atoms with Crippen LogP contribution < -0.4 is 10.6 Å². The molecule has 0 saturated carbocycles. The molecule has 1 atom stereocenters. The zero-order valence-corrected chi connectivity index (χ0v) is 12.5. The summed E-state index contributed by atoms with van der Waals surface area (Å²) in [7, 11) is 0. The van der Waals surface area contributed by atoms with Crippen molar-refractivity contribution < 1.29 is 14.3 Å². The molecule has 0 aromatic heterocycles. The standard InChI is InChI=1S/C16H22N2O3/c1-4-9-21-16(20)18-11-15(10-17-13(3)19)14-7-5-12(2)6-8-14/h4-8,15H,1,9-11H2,2-3H3,(H,17,19)(H,18,20)/t15-/m1/s1. The summed E-state index contributed by atoms with van der Waals surface area (Å²) in [6, 6.07) is 8.01. The summed E-state index contributed by atoms with van der Waals surface area (Å²) in [6.07, 6.45) is 1.02. The van der Waals surface area contributed by atoms with Gasteiger partial charge >= 0.3 is 6.09 Å². The highest BCUT2D eigenvalue weighted by atomic mass is 16.5. The van der Waals surface area contributed by atoms with Gasteiger partial charge in [-0.05, 0) is 12.5 Å². The van der Waals surface area contributed by atoms with E-state index in [1.165, 1.54) is 13.0 Å². The fourth-order valence-corrected chi connectivity index (χ4v) is 1.81. The van der Waals surface area contributed by atoms with Crippen LogP contribution >= 0.6 is 0 Å². The molecule has 5 nitrogen and oxygen atoms in total. The number of carbonyl (C=O) groups is 2. The molecule has 2 amide bonds. The van der Waals surface area contributed by atoms with Gasteiger partial charge in [0.1, 0.15) is 6.61 Å². The van der Waals surface area contributed by atoms with E-state index in [-0.39, 0.29) is 18.4 Å². The lowest BCUT2D eigenvalue weighted by molar-refractivity contribution is -0.119. The Balaban J connectivity index is 2.63. The van der Waals surface area contributed by atoms with Crippen LogP contribution in [0.15, 0.2) is 36.9 Å². The maximum Gasteiger partial charge on any atom is 0.407 e. The molecule has 0 radical (unpaired) electrons. The lowest BCUT2D eigenvalue weighted by atomic mass is 9.98. The van der Waals surface area contributed by atoms with Gasteiger partial charge in [0.15, 0.2) is 0 Å². The topological polar surface area (TPSA) is 67.4 Å². The van der Waals surface area contributed by atoms with Crippen LogP contribution in [0.4, 0.5) is 4.79 Å². The van der Waals surface area contributed by atoms with Crippen LogP contribution in [0.1, 0.15) is 24.0 Å². The van der Waals surface area contributed by atoms with Gasteiger partial charge in [0.05, 0.1) is 0 Å². The first-order chi connectivity index (χ1) is 10.0. The van der Waals surface area contributed by atoms with Crippen molar-refractivity contribution in [3.05, 3.63) is 48.0 Å². The van der Waals surface area contributed by atoms with Gasteiger partial charge < -0.3 is 15.4 Å². The fraction of sp³-hybridized carbons (Fsp3) is 0.375. The summed E-state index contributed by atoms with van der Waals surface area (Å²) >= 11 is 0. The van der Waals surface area contributed by atoms with Crippen molar-refractivity contribution in [3.8, 4) is 0 Å². The van der Waals surface area contributed by atoms with Gasteiger partial charge in [0.2, 0.25) is 5.91 Å². The Morgan fingerprint density at radius 2 is 1.86 bits per heavy atom. The van der Waals surface area contributed by atoms with E-state index in [1.807, 2.05) is 31.2 Å². The average molecular weight is 290 g/mol. The summed E-state index contributed by atoms with van der Waals surface area (Å²) < 4.78 is 4.87. The van der Waals surface area contributed by atoms with E-state index in [2.05, 4.69) is 17.2 Å². The largest absolute Gasteiger partial charge is 0.445 e. The second kappa shape index (κ2) is 8.79. The van der Waals surface area contributed by atoms with E-state index in [0.29, 0.717) is 13.1 Å². The van der Waals surface area contributed by atoms with Crippen LogP contribution in [0.3, 0.4) is 0 Å². The molecule has 0 spiro atoms. The number of alkyl carbamates (subject to hydrolysis) is 1. The van der Waals surface area contributed by atoms with Gasteiger partial charge in [-0.25, -0.2) is 4.79 Å². The van der Waals surface area contributed by atoms with Crippen LogP contribution in [-0.2, 0) is 9.53 Å². The molecular formula is C16H22N2O3. The minimum Gasteiger partial charge on any atom is -0.445 e. The number of aryl methyl sites for hydroxylation is 1. The number of amides is 2. The number of hydrogen-bond acceptors (Lipinski definition) is 3. The van der Waals surface area contributed by atoms with Crippen molar-refractivity contribution in [3.63, 3.8) is 0 Å². The Kier molecular flexibility index (Phi) is 7.01. The van der Waals surface area contributed by atoms with Gasteiger partial charge in [-0.3, -0.25) is 4.79 Å². The van der Waals surface area contributed by atoms with Crippen LogP contribution in [-0.4, -0.2) is 31.7 Å². The SMILES string of the molecule is C=CCOC(=O)NC[C@@H](CNC(C)=O)c1ccc(C)cc1. The monoisotopic (exact) mass is 290 g/mol. The molecule has 2 N–H and O–H groups in total. The predicted molar refractivity (Wildman–Crippen MR) is 82.2 cm³/mol. The van der Waals surface area contributed by atoms with Gasteiger partial charge in [-0.1, -0.05) is 42.5 Å². The van der Waals surface area contributed by atoms with Gasteiger partial charge in [-0.2, -0.15) is 0 Å². The Labute approximate surface area is 125 Å². The van der Waals surface area contributed by atoms with E-state index in [1.54, 1.807) is 0 Å². The molecule has 5 heteroatoms. The number of rotatable bonds is 7. The predicted octanol–water partition coefficient (Wildman–Crippen LogP) is 2.13. The Morgan fingerprint density at radius 3 is 2.43 bits per heavy atom.